The van der Waals surface area contributed by atoms with Gasteiger partial charge in [-0.1, -0.05) is 23.7 Å². The number of hydrogen-bond donors (Lipinski definition) is 1. The summed E-state index contributed by atoms with van der Waals surface area (Å²) in [5.41, 5.74) is 0.628. The number of benzene rings is 2. The zero-order chi connectivity index (χ0) is 25.1. The Morgan fingerprint density at radius 3 is 2.49 bits per heavy atom. The second-order valence-corrected chi connectivity index (χ2v) is 8.71. The van der Waals surface area contributed by atoms with Crippen LogP contribution in [0.5, 0.6) is 5.75 Å². The van der Waals surface area contributed by atoms with Gasteiger partial charge in [0.05, 0.1) is 13.7 Å². The topological polar surface area (TPSA) is 93.5 Å². The van der Waals surface area contributed by atoms with Crippen molar-refractivity contribution in [3.8, 4) is 5.75 Å². The number of alkyl halides is 1. The number of nitrogens with zero attached hydrogens (tertiary/aromatic N) is 3. The predicted octanol–water partition coefficient (Wildman–Crippen LogP) is 3.19. The highest BCUT2D eigenvalue weighted by atomic mass is 35.5. The summed E-state index contributed by atoms with van der Waals surface area (Å²) in [6.45, 7) is 1.23. The summed E-state index contributed by atoms with van der Waals surface area (Å²) >= 11 is 5.92. The van der Waals surface area contributed by atoms with Crippen molar-refractivity contribution in [3.63, 3.8) is 0 Å². The van der Waals surface area contributed by atoms with Crippen LogP contribution in [0.4, 0.5) is 10.1 Å². The molecule has 2 aromatic carbocycles. The molecular weight excluding hydrogens is 475 g/mol. The van der Waals surface area contributed by atoms with E-state index in [4.69, 9.17) is 16.3 Å². The lowest BCUT2D eigenvalue weighted by Gasteiger charge is -2.19. The molecule has 1 fully saturated rings. The highest BCUT2D eigenvalue weighted by Crippen LogP contribution is 2.32. The average molecular weight is 499 g/mol. The maximum Gasteiger partial charge on any atom is 0.290 e. The number of ether oxygens (including phenoxy) is 1. The van der Waals surface area contributed by atoms with E-state index >= 15 is 0 Å². The zero-order valence-electron chi connectivity index (χ0n) is 19.2. The van der Waals surface area contributed by atoms with Crippen molar-refractivity contribution in [3.05, 3.63) is 87.3 Å². The molecule has 3 atom stereocenters. The fraction of sp³-hybridized carbons (Fsp3) is 0.280. The van der Waals surface area contributed by atoms with Crippen molar-refractivity contribution in [1.29, 1.82) is 0 Å². The van der Waals surface area contributed by atoms with Crippen LogP contribution in [0.3, 0.4) is 0 Å². The van der Waals surface area contributed by atoms with Crippen molar-refractivity contribution < 1.29 is 18.7 Å². The van der Waals surface area contributed by atoms with Crippen LogP contribution >= 0.6 is 11.6 Å². The Hall–Kier alpha value is -3.72. The van der Waals surface area contributed by atoms with E-state index in [1.165, 1.54) is 24.1 Å². The Morgan fingerprint density at radius 2 is 1.86 bits per heavy atom. The van der Waals surface area contributed by atoms with Gasteiger partial charge in [0.2, 0.25) is 5.91 Å². The van der Waals surface area contributed by atoms with Gasteiger partial charge >= 0.3 is 0 Å². The summed E-state index contributed by atoms with van der Waals surface area (Å²) in [6.07, 6.45) is 0.0668. The predicted molar refractivity (Wildman–Crippen MR) is 130 cm³/mol. The number of nitrogens with one attached hydrogen (secondary N) is 1. The molecule has 1 aliphatic heterocycles. The number of methoxy groups -OCH3 is 1. The van der Waals surface area contributed by atoms with Gasteiger partial charge in [0.15, 0.2) is 0 Å². The molecule has 3 aromatic rings. The largest absolute Gasteiger partial charge is 0.497 e. The molecule has 0 radical (unpaired) electrons. The molecule has 1 unspecified atom stereocenters. The number of halogens is 2. The van der Waals surface area contributed by atoms with Gasteiger partial charge in [-0.15, -0.1) is 0 Å². The Labute approximate surface area is 206 Å². The maximum absolute atomic E-state index is 13.5. The lowest BCUT2D eigenvalue weighted by atomic mass is 9.93. The minimum Gasteiger partial charge on any atom is -0.497 e. The molecule has 0 spiro atoms. The van der Waals surface area contributed by atoms with Crippen molar-refractivity contribution in [2.24, 2.45) is 0 Å². The maximum atomic E-state index is 13.5. The van der Waals surface area contributed by atoms with Crippen molar-refractivity contribution in [1.82, 2.24) is 15.1 Å². The molecule has 35 heavy (non-hydrogen) atoms. The minimum absolute atomic E-state index is 0.0763. The fourth-order valence-corrected chi connectivity index (χ4v) is 4.23. The van der Waals surface area contributed by atoms with Crippen LogP contribution in [0.15, 0.2) is 65.6 Å². The van der Waals surface area contributed by atoms with E-state index in [1.807, 2.05) is 12.1 Å². The van der Waals surface area contributed by atoms with Crippen molar-refractivity contribution in [2.75, 3.05) is 18.6 Å². The standard InChI is InChI=1S/C25H24ClFN4O4/c1-15(27)13-31-24(33)21(11-12-28-31)30-14-20(16-5-9-19(35-2)10-6-16)22(25(30)34)29-23(32)17-3-7-18(26)8-4-17/h3-12,15,20,22H,13-14H2,1-2H3,(H,29,32)/t15?,20-,22-/m0/s1. The van der Waals surface area contributed by atoms with Gasteiger partial charge in [0, 0.05) is 29.2 Å². The number of hydrogen-bond acceptors (Lipinski definition) is 5. The van der Waals surface area contributed by atoms with Crippen LogP contribution in [0.1, 0.15) is 28.8 Å². The van der Waals surface area contributed by atoms with Gasteiger partial charge in [-0.05, 0) is 55.0 Å². The lowest BCUT2D eigenvalue weighted by molar-refractivity contribution is -0.118. The monoisotopic (exact) mass is 498 g/mol. The van der Waals surface area contributed by atoms with E-state index in [0.29, 0.717) is 16.3 Å². The van der Waals surface area contributed by atoms with Gasteiger partial charge in [-0.2, -0.15) is 5.10 Å². The van der Waals surface area contributed by atoms with Crippen LogP contribution in [0.2, 0.25) is 5.02 Å². The highest BCUT2D eigenvalue weighted by Gasteiger charge is 2.43. The average Bonchev–Trinajstić information content (AvgIpc) is 3.16. The summed E-state index contributed by atoms with van der Waals surface area (Å²) in [5.74, 6) is -0.699. The lowest BCUT2D eigenvalue weighted by Crippen LogP contribution is -2.44. The molecule has 182 valence electrons. The zero-order valence-corrected chi connectivity index (χ0v) is 19.9. The molecule has 10 heteroatoms. The van der Waals surface area contributed by atoms with Gasteiger partial charge in [0.1, 0.15) is 23.7 Å². The smallest absolute Gasteiger partial charge is 0.290 e. The van der Waals surface area contributed by atoms with Crippen LogP contribution in [-0.4, -0.2) is 47.5 Å². The SMILES string of the molecule is COc1ccc([C@@H]2CN(c3ccnn(CC(C)F)c3=O)C(=O)[C@H]2NC(=O)c2ccc(Cl)cc2)cc1. The summed E-state index contributed by atoms with van der Waals surface area (Å²) in [6, 6.07) is 14.0. The number of aromatic nitrogens is 2. The number of rotatable bonds is 7. The van der Waals surface area contributed by atoms with Gasteiger partial charge in [-0.3, -0.25) is 14.4 Å². The number of amides is 2. The fourth-order valence-electron chi connectivity index (χ4n) is 4.10. The number of anilines is 1. The molecule has 8 nitrogen and oxygen atoms in total. The minimum atomic E-state index is -1.29. The van der Waals surface area contributed by atoms with Gasteiger partial charge in [-0.25, -0.2) is 9.07 Å². The van der Waals surface area contributed by atoms with Gasteiger partial charge < -0.3 is 15.0 Å². The summed E-state index contributed by atoms with van der Waals surface area (Å²) in [4.78, 5) is 40.8. The van der Waals surface area contributed by atoms with E-state index in [-0.39, 0.29) is 18.8 Å². The van der Waals surface area contributed by atoms with Crippen LogP contribution in [0, 0.1) is 0 Å². The Kier molecular flexibility index (Phi) is 7.16. The first kappa shape index (κ1) is 24.4. The highest BCUT2D eigenvalue weighted by molar-refractivity contribution is 6.30. The van der Waals surface area contributed by atoms with Crippen molar-refractivity contribution in [2.45, 2.75) is 31.6 Å². The molecule has 4 rings (SSSR count). The summed E-state index contributed by atoms with van der Waals surface area (Å²) < 4.78 is 19.8. The van der Waals surface area contributed by atoms with E-state index < -0.39 is 35.5 Å². The van der Waals surface area contributed by atoms with Crippen LogP contribution in [0.25, 0.3) is 0 Å². The Morgan fingerprint density at radius 1 is 1.17 bits per heavy atom. The van der Waals surface area contributed by atoms with Crippen LogP contribution < -0.4 is 20.5 Å². The summed E-state index contributed by atoms with van der Waals surface area (Å²) in [5, 5.41) is 7.22. The van der Waals surface area contributed by atoms with E-state index in [0.717, 1.165) is 10.2 Å². The van der Waals surface area contributed by atoms with Crippen LogP contribution in [-0.2, 0) is 11.3 Å². The van der Waals surface area contributed by atoms with Crippen molar-refractivity contribution >= 4 is 29.1 Å². The molecule has 0 saturated carbocycles. The van der Waals surface area contributed by atoms with Gasteiger partial charge in [0.25, 0.3) is 11.5 Å². The number of carbonyl (C=O) groups is 2. The van der Waals surface area contributed by atoms with E-state index in [9.17, 15) is 18.8 Å². The first-order valence-electron chi connectivity index (χ1n) is 11.0. The van der Waals surface area contributed by atoms with E-state index in [2.05, 4.69) is 10.4 Å². The Bertz CT molecular complexity index is 1280. The summed E-state index contributed by atoms with van der Waals surface area (Å²) in [7, 11) is 1.55. The molecular formula is C25H24ClFN4O4. The third-order valence-electron chi connectivity index (χ3n) is 5.86. The third-order valence-corrected chi connectivity index (χ3v) is 6.11. The Balaban J connectivity index is 1.69. The number of carbonyl (C=O) groups excluding carboxylic acids is 2. The third kappa shape index (κ3) is 5.19. The molecule has 2 amide bonds. The molecule has 1 saturated heterocycles. The molecule has 0 aliphatic carbocycles. The molecule has 1 aromatic heterocycles. The first-order valence-corrected chi connectivity index (χ1v) is 11.4. The second-order valence-electron chi connectivity index (χ2n) is 8.27. The first-order chi connectivity index (χ1) is 16.8. The normalized spacial score (nSPS) is 18.4. The molecule has 2 heterocycles. The van der Waals surface area contributed by atoms with E-state index in [1.54, 1.807) is 43.5 Å². The quantitative estimate of drug-likeness (QED) is 0.540. The molecule has 1 aliphatic rings. The second kappa shape index (κ2) is 10.3. The molecule has 1 N–H and O–H groups in total. The molecule has 0 bridgehead atoms.